The summed E-state index contributed by atoms with van der Waals surface area (Å²) in [7, 11) is 2.06. The molecule has 0 N–H and O–H groups in total. The maximum atomic E-state index is 5.72. The Labute approximate surface area is 61.3 Å². The minimum atomic E-state index is 0.818. The molecule has 0 saturated heterocycles. The average molecular weight is 138 g/mol. The molecule has 0 aromatic heterocycles. The number of halogens is 1. The summed E-state index contributed by atoms with van der Waals surface area (Å²) in [6.45, 7) is 2.08. The first-order valence-corrected chi connectivity index (χ1v) is 3.30. The Hall–Kier alpha value is -0.425. The van der Waals surface area contributed by atoms with E-state index >= 15 is 0 Å². The van der Waals surface area contributed by atoms with Crippen LogP contribution in [0.25, 0.3) is 0 Å². The second-order valence-electron chi connectivity index (χ2n) is 2.23. The van der Waals surface area contributed by atoms with Gasteiger partial charge in [-0.25, -0.2) is 0 Å². The summed E-state index contributed by atoms with van der Waals surface area (Å²) < 4.78 is 0. The van der Waals surface area contributed by atoms with Gasteiger partial charge in [0.2, 0.25) is 0 Å². The molecule has 9 heavy (non-hydrogen) atoms. The van der Waals surface area contributed by atoms with E-state index in [0.717, 1.165) is 5.02 Å². The first kappa shape index (κ1) is 6.69. The highest BCUT2D eigenvalue weighted by molar-refractivity contribution is 6.36. The molecule has 0 saturated carbocycles. The summed E-state index contributed by atoms with van der Waals surface area (Å²) in [5.74, 6) is 0. The monoisotopic (exact) mass is 138 g/mol. The molecule has 0 radical (unpaired) electrons. The fraction of sp³-hybridized carbons (Fsp3) is 0.143. The molecule has 1 aromatic rings. The highest BCUT2D eigenvalue weighted by atomic mass is 35.5. The van der Waals surface area contributed by atoms with Crippen LogP contribution in [0.5, 0.6) is 0 Å². The second kappa shape index (κ2) is 2.44. The van der Waals surface area contributed by atoms with Crippen molar-refractivity contribution in [3.63, 3.8) is 0 Å². The van der Waals surface area contributed by atoms with Crippen molar-refractivity contribution in [2.75, 3.05) is 0 Å². The van der Waals surface area contributed by atoms with Gasteiger partial charge in [-0.05, 0) is 19.1 Å². The third-order valence-corrected chi connectivity index (χ3v) is 1.70. The molecule has 0 heterocycles. The SMILES string of the molecule is Bc1cc(Cl)ccc1C. The lowest BCUT2D eigenvalue weighted by molar-refractivity contribution is 1.52. The highest BCUT2D eigenvalue weighted by Gasteiger charge is 1.90. The molecule has 0 aliphatic rings. The summed E-state index contributed by atoms with van der Waals surface area (Å²) in [5, 5.41) is 0.818. The summed E-state index contributed by atoms with van der Waals surface area (Å²) in [6, 6.07) is 5.90. The van der Waals surface area contributed by atoms with E-state index in [9.17, 15) is 0 Å². The van der Waals surface area contributed by atoms with Crippen molar-refractivity contribution >= 4 is 24.9 Å². The summed E-state index contributed by atoms with van der Waals surface area (Å²) >= 11 is 5.72. The van der Waals surface area contributed by atoms with E-state index in [0.29, 0.717) is 0 Å². The second-order valence-corrected chi connectivity index (χ2v) is 2.67. The van der Waals surface area contributed by atoms with Gasteiger partial charge in [0.05, 0.1) is 0 Å². The molecule has 2 heteroatoms. The smallest absolute Gasteiger partial charge is 0.0846 e. The third kappa shape index (κ3) is 1.49. The van der Waals surface area contributed by atoms with Crippen LogP contribution in [0.2, 0.25) is 5.02 Å². The van der Waals surface area contributed by atoms with Crippen molar-refractivity contribution in [1.29, 1.82) is 0 Å². The van der Waals surface area contributed by atoms with E-state index in [1.54, 1.807) is 0 Å². The van der Waals surface area contributed by atoms with Gasteiger partial charge < -0.3 is 0 Å². The third-order valence-electron chi connectivity index (χ3n) is 1.47. The fourth-order valence-electron chi connectivity index (χ4n) is 0.705. The number of benzene rings is 1. The quantitative estimate of drug-likeness (QED) is 0.468. The Morgan fingerprint density at radius 1 is 1.44 bits per heavy atom. The molecule has 0 aliphatic carbocycles. The average Bonchev–Trinajstić information content (AvgIpc) is 1.80. The molecular weight excluding hydrogens is 130 g/mol. The topological polar surface area (TPSA) is 0 Å². The maximum absolute atomic E-state index is 5.72. The van der Waals surface area contributed by atoms with Crippen LogP contribution in [-0.4, -0.2) is 7.85 Å². The fourth-order valence-corrected chi connectivity index (χ4v) is 0.931. The summed E-state index contributed by atoms with van der Waals surface area (Å²) in [5.41, 5.74) is 2.54. The van der Waals surface area contributed by atoms with Crippen molar-refractivity contribution in [2.45, 2.75) is 6.92 Å². The van der Waals surface area contributed by atoms with Gasteiger partial charge in [-0.15, -0.1) is 0 Å². The predicted octanol–water partition coefficient (Wildman–Crippen LogP) is 0.907. The zero-order chi connectivity index (χ0) is 6.85. The van der Waals surface area contributed by atoms with Gasteiger partial charge in [-0.3, -0.25) is 0 Å². The summed E-state index contributed by atoms with van der Waals surface area (Å²) in [4.78, 5) is 0. The molecule has 1 rings (SSSR count). The number of aryl methyl sites for hydroxylation is 1. The van der Waals surface area contributed by atoms with Crippen molar-refractivity contribution in [3.05, 3.63) is 28.8 Å². The molecule has 0 atom stereocenters. The molecule has 0 spiro atoms. The molecule has 0 amide bonds. The Kier molecular flexibility index (Phi) is 1.82. The number of rotatable bonds is 0. The zero-order valence-corrected chi connectivity index (χ0v) is 6.37. The molecule has 0 nitrogen and oxygen atoms in total. The maximum Gasteiger partial charge on any atom is 0.139 e. The van der Waals surface area contributed by atoms with E-state index in [4.69, 9.17) is 11.6 Å². The zero-order valence-electron chi connectivity index (χ0n) is 5.61. The number of hydrogen-bond donors (Lipinski definition) is 0. The van der Waals surface area contributed by atoms with Crippen molar-refractivity contribution < 1.29 is 0 Å². The van der Waals surface area contributed by atoms with Crippen LogP contribution in [0.3, 0.4) is 0 Å². The van der Waals surface area contributed by atoms with Gasteiger partial charge >= 0.3 is 0 Å². The van der Waals surface area contributed by atoms with Crippen LogP contribution < -0.4 is 5.46 Å². The van der Waals surface area contributed by atoms with Crippen LogP contribution in [0.1, 0.15) is 5.56 Å². The predicted molar refractivity (Wildman–Crippen MR) is 44.4 cm³/mol. The summed E-state index contributed by atoms with van der Waals surface area (Å²) in [6.07, 6.45) is 0. The van der Waals surface area contributed by atoms with Crippen LogP contribution in [0.4, 0.5) is 0 Å². The van der Waals surface area contributed by atoms with Crippen molar-refractivity contribution in [3.8, 4) is 0 Å². The van der Waals surface area contributed by atoms with Crippen LogP contribution in [0.15, 0.2) is 18.2 Å². The van der Waals surface area contributed by atoms with Crippen LogP contribution >= 0.6 is 11.6 Å². The standard InChI is InChI=1S/C7H8BCl/c1-5-2-3-6(9)4-7(5)8/h2-4H,8H2,1H3. The normalized spacial score (nSPS) is 9.56. The minimum absolute atomic E-state index is 0.818. The minimum Gasteiger partial charge on any atom is -0.0846 e. The van der Waals surface area contributed by atoms with E-state index in [1.807, 2.05) is 18.2 Å². The van der Waals surface area contributed by atoms with Crippen LogP contribution in [-0.2, 0) is 0 Å². The van der Waals surface area contributed by atoms with Crippen LogP contribution in [0, 0.1) is 6.92 Å². The first-order chi connectivity index (χ1) is 4.20. The van der Waals surface area contributed by atoms with Gasteiger partial charge in [0.25, 0.3) is 0 Å². The van der Waals surface area contributed by atoms with Crippen molar-refractivity contribution in [1.82, 2.24) is 0 Å². The first-order valence-electron chi connectivity index (χ1n) is 2.93. The van der Waals surface area contributed by atoms with Gasteiger partial charge in [0.15, 0.2) is 0 Å². The van der Waals surface area contributed by atoms with Gasteiger partial charge in [0, 0.05) is 5.02 Å². The number of hydrogen-bond acceptors (Lipinski definition) is 0. The van der Waals surface area contributed by atoms with E-state index in [2.05, 4.69) is 14.8 Å². The Bertz CT molecular complexity index is 220. The molecule has 1 aromatic carbocycles. The van der Waals surface area contributed by atoms with Crippen molar-refractivity contribution in [2.24, 2.45) is 0 Å². The van der Waals surface area contributed by atoms with E-state index in [-0.39, 0.29) is 0 Å². The van der Waals surface area contributed by atoms with Gasteiger partial charge in [-0.1, -0.05) is 28.7 Å². The Morgan fingerprint density at radius 3 is 2.56 bits per heavy atom. The molecular formula is C7H8BCl. The molecule has 0 aliphatic heterocycles. The largest absolute Gasteiger partial charge is 0.139 e. The lowest BCUT2D eigenvalue weighted by atomic mass is 9.92. The molecule has 0 fully saturated rings. The molecule has 0 unspecified atom stereocenters. The van der Waals surface area contributed by atoms with Gasteiger partial charge in [0.1, 0.15) is 7.85 Å². The lowest BCUT2D eigenvalue weighted by Crippen LogP contribution is -2.05. The highest BCUT2D eigenvalue weighted by Crippen LogP contribution is 2.05. The van der Waals surface area contributed by atoms with Gasteiger partial charge in [-0.2, -0.15) is 0 Å². The molecule has 0 bridgehead atoms. The van der Waals surface area contributed by atoms with E-state index in [1.165, 1.54) is 11.0 Å². The lowest BCUT2D eigenvalue weighted by Gasteiger charge is -1.97. The molecule has 46 valence electrons. The Balaban J connectivity index is 3.17. The van der Waals surface area contributed by atoms with E-state index < -0.39 is 0 Å². The Morgan fingerprint density at radius 2 is 2.11 bits per heavy atom.